The van der Waals surface area contributed by atoms with E-state index in [-0.39, 0.29) is 5.97 Å². The molecule has 0 radical (unpaired) electrons. The van der Waals surface area contributed by atoms with Crippen molar-refractivity contribution in [3.05, 3.63) is 0 Å². The number of nitrogens with one attached hydrogen (secondary N) is 1. The van der Waals surface area contributed by atoms with E-state index >= 15 is 0 Å². The summed E-state index contributed by atoms with van der Waals surface area (Å²) in [5, 5.41) is 3.33. The number of nitrogens with zero attached hydrogens (tertiary/aromatic N) is 1. The summed E-state index contributed by atoms with van der Waals surface area (Å²) >= 11 is 0. The number of carbonyl (C=O) groups is 1. The summed E-state index contributed by atoms with van der Waals surface area (Å²) in [6.45, 7) is 8.96. The molecule has 0 saturated carbocycles. The lowest BCUT2D eigenvalue weighted by Crippen LogP contribution is -2.39. The number of hydrogen-bond acceptors (Lipinski definition) is 4. The van der Waals surface area contributed by atoms with Gasteiger partial charge in [-0.05, 0) is 39.8 Å². The Bertz CT molecular complexity index is 223. The molecule has 16 heavy (non-hydrogen) atoms. The number of likely N-dealkylation sites (tertiary alicyclic amines) is 1. The van der Waals surface area contributed by atoms with Crippen LogP contribution in [0.1, 0.15) is 26.7 Å². The Balaban J connectivity index is 2.11. The van der Waals surface area contributed by atoms with Crippen molar-refractivity contribution in [1.82, 2.24) is 10.2 Å². The Morgan fingerprint density at radius 3 is 2.56 bits per heavy atom. The Morgan fingerprint density at radius 2 is 2.00 bits per heavy atom. The standard InChI is InChI=1S/C12H24N2O2/c1-12(2,11(15)16-3)10-13-6-9-14-7-4-5-8-14/h13H,4-10H2,1-3H3. The van der Waals surface area contributed by atoms with Crippen molar-refractivity contribution in [2.24, 2.45) is 5.41 Å². The van der Waals surface area contributed by atoms with E-state index in [1.165, 1.54) is 33.0 Å². The maximum absolute atomic E-state index is 11.4. The third-order valence-corrected chi connectivity index (χ3v) is 3.11. The second-order valence-corrected chi connectivity index (χ2v) is 5.10. The number of carbonyl (C=O) groups excluding carboxylic acids is 1. The Kier molecular flexibility index (Phi) is 5.22. The van der Waals surface area contributed by atoms with Crippen LogP contribution in [0, 0.1) is 5.41 Å². The minimum Gasteiger partial charge on any atom is -0.469 e. The smallest absolute Gasteiger partial charge is 0.312 e. The molecule has 1 aliphatic rings. The van der Waals surface area contributed by atoms with Crippen LogP contribution in [0.3, 0.4) is 0 Å². The molecule has 1 N–H and O–H groups in total. The van der Waals surface area contributed by atoms with E-state index in [0.717, 1.165) is 13.1 Å². The molecule has 4 nitrogen and oxygen atoms in total. The Hall–Kier alpha value is -0.610. The average molecular weight is 228 g/mol. The van der Waals surface area contributed by atoms with E-state index < -0.39 is 5.41 Å². The number of ether oxygens (including phenoxy) is 1. The van der Waals surface area contributed by atoms with Gasteiger partial charge < -0.3 is 15.0 Å². The summed E-state index contributed by atoms with van der Waals surface area (Å²) in [7, 11) is 1.44. The first kappa shape index (κ1) is 13.5. The van der Waals surface area contributed by atoms with Gasteiger partial charge >= 0.3 is 5.97 Å². The molecule has 1 heterocycles. The zero-order valence-electron chi connectivity index (χ0n) is 10.7. The van der Waals surface area contributed by atoms with E-state index in [1.807, 2.05) is 13.8 Å². The summed E-state index contributed by atoms with van der Waals surface area (Å²) in [6, 6.07) is 0. The highest BCUT2D eigenvalue weighted by Crippen LogP contribution is 2.15. The van der Waals surface area contributed by atoms with Gasteiger partial charge in [-0.25, -0.2) is 0 Å². The lowest BCUT2D eigenvalue weighted by molar-refractivity contribution is -0.150. The molecule has 1 fully saturated rings. The maximum atomic E-state index is 11.4. The molecular weight excluding hydrogens is 204 g/mol. The van der Waals surface area contributed by atoms with Gasteiger partial charge in [0.2, 0.25) is 0 Å². The van der Waals surface area contributed by atoms with Crippen molar-refractivity contribution >= 4 is 5.97 Å². The topological polar surface area (TPSA) is 41.6 Å². The van der Waals surface area contributed by atoms with E-state index in [9.17, 15) is 4.79 Å². The largest absolute Gasteiger partial charge is 0.469 e. The Morgan fingerprint density at radius 1 is 1.38 bits per heavy atom. The average Bonchev–Trinajstić information content (AvgIpc) is 2.76. The molecule has 0 spiro atoms. The normalized spacial score (nSPS) is 17.7. The number of methoxy groups -OCH3 is 1. The summed E-state index contributed by atoms with van der Waals surface area (Å²) in [5.74, 6) is -0.152. The SMILES string of the molecule is COC(=O)C(C)(C)CNCCN1CCCC1. The lowest BCUT2D eigenvalue weighted by atomic mass is 9.94. The van der Waals surface area contributed by atoms with Crippen LogP contribution >= 0.6 is 0 Å². The molecule has 0 aromatic heterocycles. The van der Waals surface area contributed by atoms with Crippen LogP contribution in [0.5, 0.6) is 0 Å². The zero-order valence-corrected chi connectivity index (χ0v) is 10.7. The molecule has 0 aliphatic carbocycles. The van der Waals surface area contributed by atoms with Crippen molar-refractivity contribution in [1.29, 1.82) is 0 Å². The number of rotatable bonds is 6. The second-order valence-electron chi connectivity index (χ2n) is 5.10. The highest BCUT2D eigenvalue weighted by atomic mass is 16.5. The minimum atomic E-state index is -0.431. The minimum absolute atomic E-state index is 0.152. The van der Waals surface area contributed by atoms with Crippen LogP contribution in [0.2, 0.25) is 0 Å². The molecule has 0 bridgehead atoms. The summed E-state index contributed by atoms with van der Waals surface area (Å²) in [5.41, 5.74) is -0.431. The van der Waals surface area contributed by atoms with Crippen molar-refractivity contribution < 1.29 is 9.53 Å². The van der Waals surface area contributed by atoms with Crippen molar-refractivity contribution in [2.75, 3.05) is 39.8 Å². The van der Waals surface area contributed by atoms with Gasteiger partial charge in [-0.3, -0.25) is 4.79 Å². The maximum Gasteiger partial charge on any atom is 0.312 e. The van der Waals surface area contributed by atoms with Crippen LogP contribution < -0.4 is 5.32 Å². The zero-order chi connectivity index (χ0) is 12.0. The molecule has 1 rings (SSSR count). The molecule has 0 amide bonds. The molecule has 0 aromatic rings. The lowest BCUT2D eigenvalue weighted by Gasteiger charge is -2.22. The molecular formula is C12H24N2O2. The van der Waals surface area contributed by atoms with Gasteiger partial charge in [0.15, 0.2) is 0 Å². The second kappa shape index (κ2) is 6.21. The van der Waals surface area contributed by atoms with Crippen LogP contribution in [0.25, 0.3) is 0 Å². The molecule has 0 aromatic carbocycles. The first-order valence-corrected chi connectivity index (χ1v) is 6.08. The van der Waals surface area contributed by atoms with Gasteiger partial charge in [0.25, 0.3) is 0 Å². The summed E-state index contributed by atoms with van der Waals surface area (Å²) in [4.78, 5) is 13.9. The fourth-order valence-electron chi connectivity index (χ4n) is 1.99. The van der Waals surface area contributed by atoms with Crippen LogP contribution in [-0.2, 0) is 9.53 Å². The van der Waals surface area contributed by atoms with Crippen molar-refractivity contribution in [3.8, 4) is 0 Å². The van der Waals surface area contributed by atoms with Crippen molar-refractivity contribution in [3.63, 3.8) is 0 Å². The monoisotopic (exact) mass is 228 g/mol. The Labute approximate surface area is 98.3 Å². The van der Waals surface area contributed by atoms with E-state index in [1.54, 1.807) is 0 Å². The van der Waals surface area contributed by atoms with Crippen LogP contribution in [-0.4, -0.2) is 50.7 Å². The van der Waals surface area contributed by atoms with Gasteiger partial charge in [0, 0.05) is 19.6 Å². The molecule has 1 saturated heterocycles. The van der Waals surface area contributed by atoms with E-state index in [2.05, 4.69) is 10.2 Å². The highest BCUT2D eigenvalue weighted by Gasteiger charge is 2.27. The van der Waals surface area contributed by atoms with Gasteiger partial charge in [0.05, 0.1) is 12.5 Å². The van der Waals surface area contributed by atoms with Gasteiger partial charge in [-0.2, -0.15) is 0 Å². The summed E-state index contributed by atoms with van der Waals surface area (Å²) in [6.07, 6.45) is 2.65. The number of hydrogen-bond donors (Lipinski definition) is 1. The number of esters is 1. The first-order chi connectivity index (χ1) is 7.56. The molecule has 94 valence electrons. The van der Waals surface area contributed by atoms with Gasteiger partial charge in [-0.1, -0.05) is 0 Å². The molecule has 0 atom stereocenters. The van der Waals surface area contributed by atoms with E-state index in [4.69, 9.17) is 4.74 Å². The quantitative estimate of drug-likeness (QED) is 0.541. The van der Waals surface area contributed by atoms with E-state index in [0.29, 0.717) is 6.54 Å². The molecule has 0 unspecified atom stereocenters. The predicted molar refractivity (Wildman–Crippen MR) is 64.3 cm³/mol. The first-order valence-electron chi connectivity index (χ1n) is 6.08. The van der Waals surface area contributed by atoms with Gasteiger partial charge in [0.1, 0.15) is 0 Å². The third kappa shape index (κ3) is 4.10. The molecule has 4 heteroatoms. The third-order valence-electron chi connectivity index (χ3n) is 3.11. The predicted octanol–water partition coefficient (Wildman–Crippen LogP) is 0.871. The van der Waals surface area contributed by atoms with Crippen LogP contribution in [0.4, 0.5) is 0 Å². The summed E-state index contributed by atoms with van der Waals surface area (Å²) < 4.78 is 4.76. The van der Waals surface area contributed by atoms with Crippen molar-refractivity contribution in [2.45, 2.75) is 26.7 Å². The fourth-order valence-corrected chi connectivity index (χ4v) is 1.99. The fraction of sp³-hybridized carbons (Fsp3) is 0.917. The highest BCUT2D eigenvalue weighted by molar-refractivity contribution is 5.76. The van der Waals surface area contributed by atoms with Gasteiger partial charge in [-0.15, -0.1) is 0 Å². The van der Waals surface area contributed by atoms with Crippen LogP contribution in [0.15, 0.2) is 0 Å². The molecule has 1 aliphatic heterocycles.